The van der Waals surface area contributed by atoms with Gasteiger partial charge in [0, 0.05) is 56.0 Å². The van der Waals surface area contributed by atoms with Crippen LogP contribution >= 0.6 is 0 Å². The van der Waals surface area contributed by atoms with E-state index in [0.717, 1.165) is 68.6 Å². The fourth-order valence-electron chi connectivity index (χ4n) is 6.83. The van der Waals surface area contributed by atoms with Crippen molar-refractivity contribution in [2.45, 2.75) is 63.1 Å². The third-order valence-corrected chi connectivity index (χ3v) is 8.83. The molecule has 3 aliphatic heterocycles. The van der Waals surface area contributed by atoms with Gasteiger partial charge in [0.05, 0.1) is 30.7 Å². The molecular weight excluding hydrogens is 455 g/mol. The molecule has 0 spiro atoms. The number of ether oxygens (including phenoxy) is 1. The number of pyridine rings is 1. The SMILES string of the molecule is COC(=O)CC1CCC(N2CC=C(C3CC4C5=C(N3)c3ncc(F)cc3C=CC5=CN4C)CC2)CC1. The molecule has 2 unspecified atom stereocenters. The molecule has 0 bridgehead atoms. The Hall–Kier alpha value is -2.93. The Kier molecular flexibility index (Phi) is 6.20. The minimum absolute atomic E-state index is 0.0788. The zero-order valence-electron chi connectivity index (χ0n) is 21.2. The monoisotopic (exact) mass is 490 g/mol. The summed E-state index contributed by atoms with van der Waals surface area (Å²) in [5.41, 5.74) is 6.67. The van der Waals surface area contributed by atoms with Crippen LogP contribution in [-0.4, -0.2) is 66.1 Å². The van der Waals surface area contributed by atoms with Crippen LogP contribution in [0.15, 0.2) is 47.3 Å². The number of nitrogens with one attached hydrogen (secondary N) is 1. The lowest BCUT2D eigenvalue weighted by molar-refractivity contribution is -0.142. The van der Waals surface area contributed by atoms with Crippen LogP contribution in [0.2, 0.25) is 0 Å². The Morgan fingerprint density at radius 1 is 1.25 bits per heavy atom. The maximum Gasteiger partial charge on any atom is 0.305 e. The molecule has 2 aliphatic carbocycles. The number of carbonyl (C=O) groups is 1. The van der Waals surface area contributed by atoms with Crippen LogP contribution in [0.3, 0.4) is 0 Å². The van der Waals surface area contributed by atoms with Crippen molar-refractivity contribution in [3.63, 3.8) is 0 Å². The normalized spacial score (nSPS) is 29.6. The van der Waals surface area contributed by atoms with E-state index in [1.165, 1.54) is 30.0 Å². The largest absolute Gasteiger partial charge is 0.469 e. The molecule has 1 fully saturated rings. The predicted molar refractivity (Wildman–Crippen MR) is 138 cm³/mol. The van der Waals surface area contributed by atoms with E-state index in [2.05, 4.69) is 45.5 Å². The Morgan fingerprint density at radius 3 is 2.83 bits per heavy atom. The zero-order valence-corrected chi connectivity index (χ0v) is 21.2. The molecule has 1 saturated carbocycles. The van der Waals surface area contributed by atoms with E-state index >= 15 is 0 Å². The lowest BCUT2D eigenvalue weighted by Gasteiger charge is -2.41. The van der Waals surface area contributed by atoms with Crippen LogP contribution in [0.5, 0.6) is 0 Å². The topological polar surface area (TPSA) is 57.7 Å². The quantitative estimate of drug-likeness (QED) is 0.503. The van der Waals surface area contributed by atoms with Gasteiger partial charge >= 0.3 is 5.97 Å². The van der Waals surface area contributed by atoms with Gasteiger partial charge in [0.15, 0.2) is 0 Å². The molecule has 7 heteroatoms. The van der Waals surface area contributed by atoms with Crippen LogP contribution in [0.1, 0.15) is 56.2 Å². The van der Waals surface area contributed by atoms with Crippen molar-refractivity contribution in [2.75, 3.05) is 27.2 Å². The number of fused-ring (bicyclic) bond motifs is 2. The summed E-state index contributed by atoms with van der Waals surface area (Å²) in [6.45, 7) is 2.06. The van der Waals surface area contributed by atoms with Crippen molar-refractivity contribution in [3.8, 4) is 0 Å². The van der Waals surface area contributed by atoms with Gasteiger partial charge in [-0.1, -0.05) is 18.2 Å². The average molecular weight is 491 g/mol. The van der Waals surface area contributed by atoms with E-state index in [1.807, 2.05) is 6.08 Å². The fourth-order valence-corrected chi connectivity index (χ4v) is 6.83. The Balaban J connectivity index is 1.16. The molecule has 0 aromatic carbocycles. The summed E-state index contributed by atoms with van der Waals surface area (Å²) in [5, 5.41) is 3.84. The van der Waals surface area contributed by atoms with E-state index in [-0.39, 0.29) is 17.8 Å². The second-order valence-electron chi connectivity index (χ2n) is 10.9. The van der Waals surface area contributed by atoms with Crippen molar-refractivity contribution in [1.82, 2.24) is 20.1 Å². The van der Waals surface area contributed by atoms with Crippen LogP contribution in [0.4, 0.5) is 4.39 Å². The molecule has 6 nitrogen and oxygen atoms in total. The smallest absolute Gasteiger partial charge is 0.305 e. The Bertz CT molecular complexity index is 1180. The molecule has 2 atom stereocenters. The molecule has 5 aliphatic rings. The number of aromatic nitrogens is 1. The van der Waals surface area contributed by atoms with Gasteiger partial charge in [0.25, 0.3) is 0 Å². The number of halogens is 1. The van der Waals surface area contributed by atoms with Gasteiger partial charge in [-0.3, -0.25) is 14.7 Å². The first kappa shape index (κ1) is 23.5. The predicted octanol–water partition coefficient (Wildman–Crippen LogP) is 4.27. The van der Waals surface area contributed by atoms with E-state index in [4.69, 9.17) is 4.74 Å². The van der Waals surface area contributed by atoms with Gasteiger partial charge in [-0.15, -0.1) is 0 Å². The number of allylic oxidation sites excluding steroid dienone is 1. The number of likely N-dealkylation sites (N-methyl/N-ethyl adjacent to an activating group) is 1. The van der Waals surface area contributed by atoms with E-state index in [1.54, 1.807) is 6.07 Å². The number of methoxy groups -OCH3 is 1. The van der Waals surface area contributed by atoms with Gasteiger partial charge in [0.2, 0.25) is 0 Å². The second kappa shape index (κ2) is 9.51. The van der Waals surface area contributed by atoms with Crippen LogP contribution in [0, 0.1) is 11.7 Å². The van der Waals surface area contributed by atoms with E-state index in [9.17, 15) is 9.18 Å². The van der Waals surface area contributed by atoms with Crippen molar-refractivity contribution in [3.05, 3.63) is 64.4 Å². The number of hydrogen-bond acceptors (Lipinski definition) is 6. The average Bonchev–Trinajstić information content (AvgIpc) is 3.14. The molecule has 6 rings (SSSR count). The number of rotatable bonds is 4. The summed E-state index contributed by atoms with van der Waals surface area (Å²) in [6.07, 6.45) is 17.2. The van der Waals surface area contributed by atoms with Crippen molar-refractivity contribution in [1.29, 1.82) is 0 Å². The Labute approximate surface area is 212 Å². The highest BCUT2D eigenvalue weighted by Crippen LogP contribution is 2.43. The van der Waals surface area contributed by atoms with Crippen molar-refractivity contribution in [2.24, 2.45) is 5.92 Å². The number of hydrogen-bond donors (Lipinski definition) is 1. The lowest BCUT2D eigenvalue weighted by Crippen LogP contribution is -2.46. The first-order valence-corrected chi connectivity index (χ1v) is 13.3. The molecule has 0 saturated heterocycles. The van der Waals surface area contributed by atoms with E-state index < -0.39 is 0 Å². The lowest BCUT2D eigenvalue weighted by atomic mass is 9.82. The third-order valence-electron chi connectivity index (χ3n) is 8.83. The third kappa shape index (κ3) is 4.27. The number of carbonyl (C=O) groups excluding carboxylic acids is 1. The van der Waals surface area contributed by atoms with Gasteiger partial charge in [-0.25, -0.2) is 4.39 Å². The first-order chi connectivity index (χ1) is 17.5. The molecule has 1 aromatic heterocycles. The van der Waals surface area contributed by atoms with E-state index in [0.29, 0.717) is 24.4 Å². The van der Waals surface area contributed by atoms with Gasteiger partial charge in [-0.05, 0) is 61.7 Å². The highest BCUT2D eigenvalue weighted by atomic mass is 19.1. The molecule has 4 heterocycles. The minimum atomic E-state index is -0.305. The van der Waals surface area contributed by atoms with Crippen molar-refractivity contribution < 1.29 is 13.9 Å². The molecular formula is C29H35FN4O2. The van der Waals surface area contributed by atoms with Crippen molar-refractivity contribution >= 4 is 17.7 Å². The van der Waals surface area contributed by atoms with Crippen LogP contribution in [-0.2, 0) is 9.53 Å². The zero-order chi connectivity index (χ0) is 24.8. The maximum atomic E-state index is 14.0. The molecule has 190 valence electrons. The standard InChI is InChI=1S/C29H35FN4O2/c1-33-17-21-6-5-20-14-22(30)16-31-28(20)29-27(21)25(33)15-24(32-29)19-9-11-34(12-10-19)23-7-3-18(4-8-23)13-26(35)36-2/h5-6,9,14,16-18,23-25,32H,3-4,7-8,10-13,15H2,1-2H3. The minimum Gasteiger partial charge on any atom is -0.469 e. The summed E-state index contributed by atoms with van der Waals surface area (Å²) in [4.78, 5) is 21.1. The number of nitrogens with zero attached hydrogens (tertiary/aromatic N) is 3. The summed E-state index contributed by atoms with van der Waals surface area (Å²) in [7, 11) is 3.63. The molecule has 36 heavy (non-hydrogen) atoms. The molecule has 0 amide bonds. The Morgan fingerprint density at radius 2 is 2.08 bits per heavy atom. The fraction of sp³-hybridized carbons (Fsp3) is 0.517. The van der Waals surface area contributed by atoms with Gasteiger partial charge in [0.1, 0.15) is 5.82 Å². The number of esters is 1. The molecule has 1 N–H and O–H groups in total. The summed E-state index contributed by atoms with van der Waals surface area (Å²) < 4.78 is 18.8. The second-order valence-corrected chi connectivity index (χ2v) is 10.9. The van der Waals surface area contributed by atoms with Gasteiger partial charge < -0.3 is 15.0 Å². The summed E-state index contributed by atoms with van der Waals surface area (Å²) in [6, 6.07) is 2.74. The molecule has 1 aromatic rings. The maximum absolute atomic E-state index is 14.0. The first-order valence-electron chi connectivity index (χ1n) is 13.3. The molecule has 0 radical (unpaired) electrons. The summed E-state index contributed by atoms with van der Waals surface area (Å²) >= 11 is 0. The van der Waals surface area contributed by atoms with Crippen LogP contribution < -0.4 is 5.32 Å². The summed E-state index contributed by atoms with van der Waals surface area (Å²) in [5.74, 6) is 0.0878. The highest BCUT2D eigenvalue weighted by Gasteiger charge is 2.39. The highest BCUT2D eigenvalue weighted by molar-refractivity contribution is 5.83. The van der Waals surface area contributed by atoms with Crippen LogP contribution in [0.25, 0.3) is 11.8 Å². The van der Waals surface area contributed by atoms with Gasteiger partial charge in [-0.2, -0.15) is 0 Å².